The number of piperazine rings is 1. The monoisotopic (exact) mass is 509 g/mol. The number of likely N-dealkylation sites (tertiary alicyclic amines) is 1. The summed E-state index contributed by atoms with van der Waals surface area (Å²) in [7, 11) is 0. The fourth-order valence-corrected chi connectivity index (χ4v) is 5.45. The molecule has 0 aromatic rings. The third-order valence-corrected chi connectivity index (χ3v) is 7.59. The predicted octanol–water partition coefficient (Wildman–Crippen LogP) is 3.84. The van der Waals surface area contributed by atoms with E-state index in [-0.39, 0.29) is 11.2 Å². The van der Waals surface area contributed by atoms with Gasteiger partial charge in [-0.05, 0) is 79.6 Å². The molecule has 1 aliphatic carbocycles. The first kappa shape index (κ1) is 30.0. The van der Waals surface area contributed by atoms with Crippen LogP contribution in [0.5, 0.6) is 0 Å². The Morgan fingerprint density at radius 1 is 0.722 bits per heavy atom. The quantitative estimate of drug-likeness (QED) is 0.350. The molecule has 0 spiro atoms. The maximum atomic E-state index is 12.6. The Morgan fingerprint density at radius 3 is 1.89 bits per heavy atom. The van der Waals surface area contributed by atoms with Gasteiger partial charge in [-0.2, -0.15) is 0 Å². The second kappa shape index (κ2) is 14.0. The van der Waals surface area contributed by atoms with Crippen LogP contribution in [0.4, 0.5) is 0 Å². The van der Waals surface area contributed by atoms with Crippen molar-refractivity contribution in [3.8, 4) is 0 Å². The van der Waals surface area contributed by atoms with Crippen LogP contribution >= 0.6 is 0 Å². The molecule has 3 fully saturated rings. The van der Waals surface area contributed by atoms with Crippen LogP contribution in [0.2, 0.25) is 0 Å². The van der Waals surface area contributed by atoms with E-state index in [1.165, 1.54) is 0 Å². The largest absolute Gasteiger partial charge is 0.376 e. The molecule has 0 N–H and O–H groups in total. The number of Topliss-reactive ketones (excluding diaryl/α,β-unsaturated/α-hetero) is 1. The Labute approximate surface area is 221 Å². The molecule has 0 aromatic heterocycles. The molecule has 0 amide bonds. The summed E-state index contributed by atoms with van der Waals surface area (Å²) in [5.41, 5.74) is -0.109. The molecule has 0 bridgehead atoms. The topological polar surface area (TPSA) is 54.5 Å². The average molecular weight is 510 g/mol. The van der Waals surface area contributed by atoms with E-state index in [0.29, 0.717) is 30.5 Å². The average Bonchev–Trinajstić information content (AvgIpc) is 2.76. The van der Waals surface area contributed by atoms with Gasteiger partial charge in [-0.15, -0.1) is 0 Å². The molecule has 7 nitrogen and oxygen atoms in total. The van der Waals surface area contributed by atoms with E-state index in [1.807, 2.05) is 0 Å². The molecule has 36 heavy (non-hydrogen) atoms. The molecular formula is C29H55N3O4. The fraction of sp³-hybridized carbons (Fsp3) is 0.966. The minimum atomic E-state index is -0.0703. The Kier molecular flexibility index (Phi) is 11.7. The zero-order valence-electron chi connectivity index (χ0n) is 24.2. The maximum Gasteiger partial charge on any atom is 0.147 e. The molecule has 0 unspecified atom stereocenters. The lowest BCUT2D eigenvalue weighted by Gasteiger charge is -2.40. The molecule has 3 aliphatic rings. The molecule has 2 heterocycles. The van der Waals surface area contributed by atoms with Crippen LogP contribution in [0.25, 0.3) is 0 Å². The van der Waals surface area contributed by atoms with E-state index in [2.05, 4.69) is 56.2 Å². The van der Waals surface area contributed by atoms with Gasteiger partial charge in [0.1, 0.15) is 5.78 Å². The molecule has 7 heteroatoms. The molecule has 2 aliphatic heterocycles. The molecular weight excluding hydrogens is 454 g/mol. The van der Waals surface area contributed by atoms with Crippen molar-refractivity contribution in [2.75, 3.05) is 72.1 Å². The maximum absolute atomic E-state index is 12.6. The number of hydrogen-bond donors (Lipinski definition) is 0. The number of carbonyl (C=O) groups is 1. The number of hydrogen-bond acceptors (Lipinski definition) is 7. The van der Waals surface area contributed by atoms with Crippen LogP contribution in [-0.2, 0) is 19.0 Å². The summed E-state index contributed by atoms with van der Waals surface area (Å²) >= 11 is 0. The first-order valence-corrected chi connectivity index (χ1v) is 14.6. The molecule has 2 saturated heterocycles. The smallest absolute Gasteiger partial charge is 0.147 e. The van der Waals surface area contributed by atoms with Crippen molar-refractivity contribution in [2.24, 2.45) is 5.92 Å². The Morgan fingerprint density at radius 2 is 1.28 bits per heavy atom. The van der Waals surface area contributed by atoms with Crippen LogP contribution in [0.1, 0.15) is 80.1 Å². The van der Waals surface area contributed by atoms with Crippen molar-refractivity contribution in [1.82, 2.24) is 14.7 Å². The number of piperidine rings is 1. The van der Waals surface area contributed by atoms with Gasteiger partial charge in [-0.3, -0.25) is 14.6 Å². The highest BCUT2D eigenvalue weighted by atomic mass is 16.5. The highest BCUT2D eigenvalue weighted by Gasteiger charge is 2.34. The van der Waals surface area contributed by atoms with E-state index >= 15 is 0 Å². The van der Waals surface area contributed by atoms with Gasteiger partial charge >= 0.3 is 0 Å². The number of carbonyl (C=O) groups excluding carboxylic acids is 1. The minimum absolute atomic E-state index is 0.0383. The summed E-state index contributed by atoms with van der Waals surface area (Å²) < 4.78 is 18.1. The number of ketones is 1. The van der Waals surface area contributed by atoms with E-state index in [9.17, 15) is 4.79 Å². The normalized spacial score (nSPS) is 25.7. The van der Waals surface area contributed by atoms with Crippen LogP contribution in [0.3, 0.4) is 0 Å². The first-order valence-electron chi connectivity index (χ1n) is 14.6. The van der Waals surface area contributed by atoms with Crippen LogP contribution < -0.4 is 0 Å². The zero-order valence-corrected chi connectivity index (χ0v) is 24.2. The standard InChI is InChI=1S/C29H55N3O4/c1-28(2,3)34-18-7-10-30-11-8-26(9-12-30)36-27-21-24(22-27)20-25(33)23-32-15-13-31(14-16-32)17-19-35-29(4,5)6/h24,26-27H,7-23H2,1-6H3. The Bertz CT molecular complexity index is 638. The molecule has 0 aromatic carbocycles. The van der Waals surface area contributed by atoms with Crippen LogP contribution in [0.15, 0.2) is 0 Å². The lowest BCUT2D eigenvalue weighted by molar-refractivity contribution is -0.126. The van der Waals surface area contributed by atoms with Crippen molar-refractivity contribution in [3.63, 3.8) is 0 Å². The third kappa shape index (κ3) is 11.9. The van der Waals surface area contributed by atoms with Crippen molar-refractivity contribution in [1.29, 1.82) is 0 Å². The summed E-state index contributed by atoms with van der Waals surface area (Å²) in [6.07, 6.45) is 7.01. The third-order valence-electron chi connectivity index (χ3n) is 7.59. The fourth-order valence-electron chi connectivity index (χ4n) is 5.45. The van der Waals surface area contributed by atoms with Crippen molar-refractivity contribution >= 4 is 5.78 Å². The highest BCUT2D eigenvalue weighted by Crippen LogP contribution is 2.35. The van der Waals surface area contributed by atoms with Crippen molar-refractivity contribution in [2.45, 2.75) is 103 Å². The summed E-state index contributed by atoms with van der Waals surface area (Å²) in [4.78, 5) is 20.0. The number of ether oxygens (including phenoxy) is 3. The lowest BCUT2D eigenvalue weighted by atomic mass is 9.78. The van der Waals surface area contributed by atoms with E-state index in [4.69, 9.17) is 14.2 Å². The first-order chi connectivity index (χ1) is 16.9. The van der Waals surface area contributed by atoms with Gasteiger partial charge in [0.15, 0.2) is 0 Å². The van der Waals surface area contributed by atoms with Gasteiger partial charge in [0.05, 0.1) is 36.6 Å². The minimum Gasteiger partial charge on any atom is -0.376 e. The molecule has 1 saturated carbocycles. The van der Waals surface area contributed by atoms with Crippen molar-refractivity contribution in [3.05, 3.63) is 0 Å². The summed E-state index contributed by atoms with van der Waals surface area (Å²) in [5.74, 6) is 0.938. The van der Waals surface area contributed by atoms with Gasteiger partial charge in [-0.1, -0.05) is 0 Å². The summed E-state index contributed by atoms with van der Waals surface area (Å²) in [5, 5.41) is 0. The number of rotatable bonds is 13. The van der Waals surface area contributed by atoms with Crippen LogP contribution in [-0.4, -0.2) is 116 Å². The van der Waals surface area contributed by atoms with Gasteiger partial charge in [-0.25, -0.2) is 0 Å². The van der Waals surface area contributed by atoms with E-state index in [1.54, 1.807) is 0 Å². The zero-order chi connectivity index (χ0) is 26.2. The summed E-state index contributed by atoms with van der Waals surface area (Å²) in [6.45, 7) is 23.3. The lowest BCUT2D eigenvalue weighted by Crippen LogP contribution is -2.49. The van der Waals surface area contributed by atoms with Crippen molar-refractivity contribution < 1.29 is 19.0 Å². The molecule has 0 radical (unpaired) electrons. The Balaban J connectivity index is 1.18. The van der Waals surface area contributed by atoms with Gasteiger partial charge in [0.2, 0.25) is 0 Å². The molecule has 0 atom stereocenters. The highest BCUT2D eigenvalue weighted by molar-refractivity contribution is 5.80. The second-order valence-corrected chi connectivity index (χ2v) is 13.3. The predicted molar refractivity (Wildman–Crippen MR) is 146 cm³/mol. The summed E-state index contributed by atoms with van der Waals surface area (Å²) in [6, 6.07) is 0. The Hall–Kier alpha value is -0.570. The number of nitrogens with zero attached hydrogens (tertiary/aromatic N) is 3. The van der Waals surface area contributed by atoms with E-state index < -0.39 is 0 Å². The van der Waals surface area contributed by atoms with Gasteiger partial charge in [0, 0.05) is 65.4 Å². The SMILES string of the molecule is CC(C)(C)OCCCN1CCC(OC2CC(CC(=O)CN3CCN(CCOC(C)(C)C)CC3)C2)CC1. The van der Waals surface area contributed by atoms with Gasteiger partial charge < -0.3 is 19.1 Å². The molecule has 210 valence electrons. The second-order valence-electron chi connectivity index (χ2n) is 13.3. The molecule has 3 rings (SSSR count). The van der Waals surface area contributed by atoms with Gasteiger partial charge in [0.25, 0.3) is 0 Å². The van der Waals surface area contributed by atoms with Crippen LogP contribution in [0, 0.1) is 5.92 Å². The van der Waals surface area contributed by atoms with E-state index in [0.717, 1.165) is 104 Å².